The molecule has 84 heavy (non-hydrogen) atoms. The summed E-state index contributed by atoms with van der Waals surface area (Å²) >= 11 is 0. The van der Waals surface area contributed by atoms with Crippen LogP contribution < -0.4 is 0 Å². The van der Waals surface area contributed by atoms with Crippen LogP contribution in [0.15, 0.2) is 218 Å². The molecule has 0 saturated carbocycles. The summed E-state index contributed by atoms with van der Waals surface area (Å²) in [6.07, 6.45) is 30.2. The minimum absolute atomic E-state index is 0.0444. The zero-order chi connectivity index (χ0) is 57.6. The van der Waals surface area contributed by atoms with Gasteiger partial charge in [0.05, 0.1) is 0 Å². The van der Waals surface area contributed by atoms with Crippen LogP contribution in [0.25, 0.3) is 67.8 Å². The lowest BCUT2D eigenvalue weighted by atomic mass is 9.70. The van der Waals surface area contributed by atoms with Crippen molar-refractivity contribution in [2.75, 3.05) is 0 Å². The molecule has 0 saturated heterocycles. The number of hydrogen-bond donors (Lipinski definition) is 0. The highest BCUT2D eigenvalue weighted by Gasteiger charge is 2.44. The predicted octanol–water partition coefficient (Wildman–Crippen LogP) is 24.6. The quantitative estimate of drug-likeness (QED) is 0.0339. The molecule has 0 nitrogen and oxygen atoms in total. The van der Waals surface area contributed by atoms with Gasteiger partial charge in [0.25, 0.3) is 0 Å². The van der Waals surface area contributed by atoms with Gasteiger partial charge in [-0.25, -0.2) is 0 Å². The van der Waals surface area contributed by atoms with E-state index in [1.807, 2.05) is 0 Å². The summed E-state index contributed by atoms with van der Waals surface area (Å²) < 4.78 is 0. The fourth-order valence-electron chi connectivity index (χ4n) is 14.6. The Morgan fingerprint density at radius 1 is 0.262 bits per heavy atom. The molecule has 0 amide bonds. The van der Waals surface area contributed by atoms with E-state index in [0.717, 1.165) is 0 Å². The third kappa shape index (κ3) is 12.6. The summed E-state index contributed by atoms with van der Waals surface area (Å²) in [6, 6.07) is 83.3. The van der Waals surface area contributed by atoms with Crippen molar-refractivity contribution >= 4 is 23.3 Å². The van der Waals surface area contributed by atoms with Crippen molar-refractivity contribution in [1.29, 1.82) is 0 Å². The average Bonchev–Trinajstić information content (AvgIpc) is 2.06. The van der Waals surface area contributed by atoms with Gasteiger partial charge in [0.1, 0.15) is 0 Å². The van der Waals surface area contributed by atoms with Gasteiger partial charge in [0, 0.05) is 10.8 Å². The summed E-state index contributed by atoms with van der Waals surface area (Å²) in [5.74, 6) is 0. The van der Waals surface area contributed by atoms with Gasteiger partial charge in [-0.1, -0.05) is 337 Å². The van der Waals surface area contributed by atoms with Gasteiger partial charge in [-0.05, 0) is 161 Å². The van der Waals surface area contributed by atoms with Crippen LogP contribution in [-0.4, -0.2) is 0 Å². The standard InChI is InChI=1S/C84H90/c1-5-9-13-27-55-83(56-28-14-10-6-2)79-37-25-23-35-73(79)75-53-51-71(61-81(75)83)77(69-31-19-17-20-32-69)59-63-39-43-65(44-40-63)67-47-49-68(50-48-67)66-45-41-64(42-46-66)60-78(70-33-21-18-22-34-70)72-52-54-76-74-36-24-26-38-80(74)84(82(76)62-72,57-29-15-11-7-3)58-30-16-12-8-4/h17-26,31-54,59-62H,5-16,27-30,55-58H2,1-4H3. The average molecular weight is 1100 g/mol. The Hall–Kier alpha value is -7.54. The van der Waals surface area contributed by atoms with Crippen molar-refractivity contribution in [3.05, 3.63) is 274 Å². The molecule has 0 fully saturated rings. The van der Waals surface area contributed by atoms with Crippen LogP contribution in [0, 0.1) is 0 Å². The molecule has 0 radical (unpaired) electrons. The summed E-state index contributed by atoms with van der Waals surface area (Å²) in [5.41, 5.74) is 27.0. The van der Waals surface area contributed by atoms with E-state index in [1.165, 1.54) is 217 Å². The minimum atomic E-state index is 0.0444. The Morgan fingerprint density at radius 2 is 0.560 bits per heavy atom. The monoisotopic (exact) mass is 1100 g/mol. The van der Waals surface area contributed by atoms with Crippen molar-refractivity contribution in [3.8, 4) is 44.5 Å². The molecule has 0 N–H and O–H groups in total. The van der Waals surface area contributed by atoms with E-state index in [1.54, 1.807) is 22.3 Å². The van der Waals surface area contributed by atoms with Crippen LogP contribution in [0.4, 0.5) is 0 Å². The molecule has 426 valence electrons. The molecule has 0 heterocycles. The lowest BCUT2D eigenvalue weighted by Gasteiger charge is -2.33. The van der Waals surface area contributed by atoms with Crippen molar-refractivity contribution in [1.82, 2.24) is 0 Å². The van der Waals surface area contributed by atoms with E-state index < -0.39 is 0 Å². The summed E-state index contributed by atoms with van der Waals surface area (Å²) in [6.45, 7) is 9.32. The van der Waals surface area contributed by atoms with Crippen molar-refractivity contribution in [2.24, 2.45) is 0 Å². The van der Waals surface area contributed by atoms with E-state index in [9.17, 15) is 0 Å². The molecule has 0 heteroatoms. The summed E-state index contributed by atoms with van der Waals surface area (Å²) in [4.78, 5) is 0. The molecule has 11 rings (SSSR count). The fraction of sp³-hybridized carbons (Fsp3) is 0.310. The van der Waals surface area contributed by atoms with Crippen molar-refractivity contribution < 1.29 is 0 Å². The second-order valence-corrected chi connectivity index (χ2v) is 24.7. The molecule has 2 aliphatic carbocycles. The normalized spacial score (nSPS) is 13.8. The third-order valence-corrected chi connectivity index (χ3v) is 19.2. The molecule has 2 aliphatic rings. The van der Waals surface area contributed by atoms with Gasteiger partial charge in [0.15, 0.2) is 0 Å². The van der Waals surface area contributed by atoms with E-state index in [4.69, 9.17) is 0 Å². The van der Waals surface area contributed by atoms with Gasteiger partial charge < -0.3 is 0 Å². The maximum atomic E-state index is 2.60. The number of hydrogen-bond acceptors (Lipinski definition) is 0. The molecule has 0 aliphatic heterocycles. The first kappa shape index (κ1) is 58.2. The van der Waals surface area contributed by atoms with Crippen LogP contribution in [0.3, 0.4) is 0 Å². The van der Waals surface area contributed by atoms with Gasteiger partial charge >= 0.3 is 0 Å². The molecule has 0 unspecified atom stereocenters. The number of unbranched alkanes of at least 4 members (excludes halogenated alkanes) is 12. The van der Waals surface area contributed by atoms with Gasteiger partial charge in [-0.15, -0.1) is 0 Å². The highest BCUT2D eigenvalue weighted by Crippen LogP contribution is 2.57. The Labute approximate surface area is 505 Å². The first-order chi connectivity index (χ1) is 41.5. The highest BCUT2D eigenvalue weighted by atomic mass is 14.5. The number of rotatable bonds is 28. The molecule has 0 spiro atoms. The topological polar surface area (TPSA) is 0 Å². The van der Waals surface area contributed by atoms with Crippen LogP contribution in [0.2, 0.25) is 0 Å². The molecule has 0 atom stereocenters. The van der Waals surface area contributed by atoms with Crippen LogP contribution in [-0.2, 0) is 10.8 Å². The first-order valence-electron chi connectivity index (χ1n) is 32.8. The van der Waals surface area contributed by atoms with Crippen LogP contribution in [0.5, 0.6) is 0 Å². The summed E-state index contributed by atoms with van der Waals surface area (Å²) in [5, 5.41) is 0. The Balaban J connectivity index is 0.853. The van der Waals surface area contributed by atoms with Crippen molar-refractivity contribution in [3.63, 3.8) is 0 Å². The van der Waals surface area contributed by atoms with Gasteiger partial charge in [0.2, 0.25) is 0 Å². The second-order valence-electron chi connectivity index (χ2n) is 24.7. The third-order valence-electron chi connectivity index (χ3n) is 19.2. The van der Waals surface area contributed by atoms with E-state index in [2.05, 4.69) is 258 Å². The largest absolute Gasteiger partial charge is 0.0654 e. The zero-order valence-corrected chi connectivity index (χ0v) is 51.1. The lowest BCUT2D eigenvalue weighted by Crippen LogP contribution is -2.25. The van der Waals surface area contributed by atoms with E-state index in [-0.39, 0.29) is 10.8 Å². The van der Waals surface area contributed by atoms with E-state index >= 15 is 0 Å². The van der Waals surface area contributed by atoms with Gasteiger partial charge in [-0.2, -0.15) is 0 Å². The van der Waals surface area contributed by atoms with E-state index in [0.29, 0.717) is 0 Å². The highest BCUT2D eigenvalue weighted by molar-refractivity contribution is 5.95. The molecular weight excluding hydrogens is 1010 g/mol. The Morgan fingerprint density at radius 3 is 0.893 bits per heavy atom. The zero-order valence-electron chi connectivity index (χ0n) is 51.1. The maximum absolute atomic E-state index is 2.60. The van der Waals surface area contributed by atoms with Crippen LogP contribution >= 0.6 is 0 Å². The second kappa shape index (κ2) is 27.9. The predicted molar refractivity (Wildman–Crippen MR) is 364 cm³/mol. The minimum Gasteiger partial charge on any atom is -0.0654 e. The molecule has 9 aromatic rings. The van der Waals surface area contributed by atoms with Gasteiger partial charge in [-0.3, -0.25) is 0 Å². The number of benzene rings is 9. The Bertz CT molecular complexity index is 3360. The molecular formula is C84H90. The van der Waals surface area contributed by atoms with Crippen molar-refractivity contribution in [2.45, 2.75) is 167 Å². The maximum Gasteiger partial charge on any atom is 0.0215 e. The fourth-order valence-corrected chi connectivity index (χ4v) is 14.6. The summed E-state index contributed by atoms with van der Waals surface area (Å²) in [7, 11) is 0. The SMILES string of the molecule is CCCCCCC1(CCCCCC)c2ccccc2-c2ccc(C(=Cc3ccc(-c4ccc(-c5ccc(C=C(c6ccccc6)c6ccc7c(c6)C(CCCCCC)(CCCCCC)c6ccccc6-7)cc5)cc4)cc3)c3ccccc3)cc21. The smallest absolute Gasteiger partial charge is 0.0215 e. The molecule has 9 aromatic carbocycles. The lowest BCUT2D eigenvalue weighted by molar-refractivity contribution is 0.401. The first-order valence-corrected chi connectivity index (χ1v) is 32.8. The Kier molecular flexibility index (Phi) is 19.3. The van der Waals surface area contributed by atoms with Crippen LogP contribution in [0.1, 0.15) is 212 Å². The number of fused-ring (bicyclic) bond motifs is 6. The molecule has 0 aromatic heterocycles. The molecule has 0 bridgehead atoms.